The van der Waals surface area contributed by atoms with E-state index >= 15 is 0 Å². The lowest BCUT2D eigenvalue weighted by Crippen LogP contribution is -2.30. The standard InChI is InChI=1S/C21H22F2N4S/c22-18-6-2-16(3-7-18)14-20-24-25-21(28-20)27-11-1-10-26(12-13-27)15-17-4-8-19(23)9-5-17/h2-9H,1,10-15H2. The second-order valence-electron chi connectivity index (χ2n) is 7.02. The van der Waals surface area contributed by atoms with E-state index < -0.39 is 0 Å². The second-order valence-corrected chi connectivity index (χ2v) is 8.07. The summed E-state index contributed by atoms with van der Waals surface area (Å²) in [5, 5.41) is 10.6. The van der Waals surface area contributed by atoms with Crippen molar-refractivity contribution >= 4 is 16.5 Å². The van der Waals surface area contributed by atoms with E-state index in [0.29, 0.717) is 6.42 Å². The van der Waals surface area contributed by atoms with Crippen LogP contribution < -0.4 is 4.90 Å². The van der Waals surface area contributed by atoms with Crippen LogP contribution in [0.2, 0.25) is 0 Å². The van der Waals surface area contributed by atoms with Crippen LogP contribution in [-0.2, 0) is 13.0 Å². The van der Waals surface area contributed by atoms with E-state index in [1.54, 1.807) is 23.5 Å². The highest BCUT2D eigenvalue weighted by Gasteiger charge is 2.18. The molecule has 4 nitrogen and oxygen atoms in total. The van der Waals surface area contributed by atoms with Crippen LogP contribution in [0.4, 0.5) is 13.9 Å². The first kappa shape index (κ1) is 19.0. The van der Waals surface area contributed by atoms with Crippen molar-refractivity contribution in [1.82, 2.24) is 15.1 Å². The summed E-state index contributed by atoms with van der Waals surface area (Å²) < 4.78 is 26.1. The minimum atomic E-state index is -0.225. The van der Waals surface area contributed by atoms with Crippen molar-refractivity contribution in [2.45, 2.75) is 19.4 Å². The van der Waals surface area contributed by atoms with Gasteiger partial charge in [-0.05, 0) is 41.8 Å². The topological polar surface area (TPSA) is 32.3 Å². The van der Waals surface area contributed by atoms with E-state index in [0.717, 1.165) is 60.4 Å². The molecule has 1 aromatic heterocycles. The lowest BCUT2D eigenvalue weighted by Gasteiger charge is -2.21. The first-order valence-electron chi connectivity index (χ1n) is 9.44. The maximum atomic E-state index is 13.1. The fraction of sp³-hybridized carbons (Fsp3) is 0.333. The summed E-state index contributed by atoms with van der Waals surface area (Å²) in [6.45, 7) is 4.62. The SMILES string of the molecule is Fc1ccc(Cc2nnc(N3CCCN(Cc4ccc(F)cc4)CC3)s2)cc1. The summed E-state index contributed by atoms with van der Waals surface area (Å²) >= 11 is 1.60. The molecule has 4 rings (SSSR count). The van der Waals surface area contributed by atoms with Crippen molar-refractivity contribution in [2.24, 2.45) is 0 Å². The molecule has 0 bridgehead atoms. The third kappa shape index (κ3) is 4.91. The molecule has 1 aliphatic rings. The van der Waals surface area contributed by atoms with Gasteiger partial charge in [0.2, 0.25) is 5.13 Å². The van der Waals surface area contributed by atoms with Crippen molar-refractivity contribution in [3.8, 4) is 0 Å². The lowest BCUT2D eigenvalue weighted by atomic mass is 10.2. The predicted molar refractivity (Wildman–Crippen MR) is 108 cm³/mol. The van der Waals surface area contributed by atoms with E-state index in [1.165, 1.54) is 24.3 Å². The quantitative estimate of drug-likeness (QED) is 0.645. The molecule has 0 atom stereocenters. The second kappa shape index (κ2) is 8.75. The van der Waals surface area contributed by atoms with Gasteiger partial charge in [0.05, 0.1) is 0 Å². The zero-order chi connectivity index (χ0) is 19.3. The number of rotatable bonds is 5. The highest BCUT2D eigenvalue weighted by Crippen LogP contribution is 2.24. The first-order valence-corrected chi connectivity index (χ1v) is 10.3. The van der Waals surface area contributed by atoms with Crippen LogP contribution in [0.3, 0.4) is 0 Å². The Labute approximate surface area is 167 Å². The molecule has 0 amide bonds. The third-order valence-electron chi connectivity index (χ3n) is 4.90. The minimum absolute atomic E-state index is 0.196. The number of hydrogen-bond donors (Lipinski definition) is 0. The summed E-state index contributed by atoms with van der Waals surface area (Å²) in [5.41, 5.74) is 2.16. The summed E-state index contributed by atoms with van der Waals surface area (Å²) in [5.74, 6) is -0.421. The van der Waals surface area contributed by atoms with E-state index in [-0.39, 0.29) is 11.6 Å². The molecule has 7 heteroatoms. The number of nitrogens with zero attached hydrogens (tertiary/aromatic N) is 4. The average molecular weight is 400 g/mol. The summed E-state index contributed by atoms with van der Waals surface area (Å²) in [6.07, 6.45) is 1.72. The molecule has 0 unspecified atom stereocenters. The fourth-order valence-electron chi connectivity index (χ4n) is 3.39. The predicted octanol–water partition coefficient (Wildman–Crippen LogP) is 4.12. The molecule has 3 aromatic rings. The maximum absolute atomic E-state index is 13.1. The zero-order valence-electron chi connectivity index (χ0n) is 15.5. The van der Waals surface area contributed by atoms with Crippen LogP contribution in [0.1, 0.15) is 22.6 Å². The molecule has 28 heavy (non-hydrogen) atoms. The monoisotopic (exact) mass is 400 g/mol. The van der Waals surface area contributed by atoms with Crippen LogP contribution in [-0.4, -0.2) is 41.3 Å². The number of halogens is 2. The molecule has 0 radical (unpaired) electrons. The maximum Gasteiger partial charge on any atom is 0.208 e. The number of aromatic nitrogens is 2. The Kier molecular flexibility index (Phi) is 5.92. The zero-order valence-corrected chi connectivity index (χ0v) is 16.3. The Balaban J connectivity index is 1.34. The van der Waals surface area contributed by atoms with Gasteiger partial charge in [-0.15, -0.1) is 10.2 Å². The number of hydrogen-bond acceptors (Lipinski definition) is 5. The molecular formula is C21H22F2N4S. The van der Waals surface area contributed by atoms with Gasteiger partial charge in [-0.25, -0.2) is 8.78 Å². The van der Waals surface area contributed by atoms with Gasteiger partial charge in [-0.3, -0.25) is 4.90 Å². The van der Waals surface area contributed by atoms with Gasteiger partial charge in [-0.2, -0.15) is 0 Å². The van der Waals surface area contributed by atoms with Crippen molar-refractivity contribution in [3.63, 3.8) is 0 Å². The van der Waals surface area contributed by atoms with Gasteiger partial charge in [0.25, 0.3) is 0 Å². The molecule has 0 saturated carbocycles. The Morgan fingerprint density at radius 3 is 2.18 bits per heavy atom. The molecule has 0 spiro atoms. The highest BCUT2D eigenvalue weighted by atomic mass is 32.1. The van der Waals surface area contributed by atoms with Crippen LogP contribution in [0.5, 0.6) is 0 Å². The van der Waals surface area contributed by atoms with E-state index in [4.69, 9.17) is 0 Å². The molecular weight excluding hydrogens is 378 g/mol. The van der Waals surface area contributed by atoms with Gasteiger partial charge >= 0.3 is 0 Å². The van der Waals surface area contributed by atoms with Gasteiger partial charge in [0.1, 0.15) is 16.6 Å². The Hall–Kier alpha value is -2.38. The molecule has 146 valence electrons. The molecule has 1 aliphatic heterocycles. The highest BCUT2D eigenvalue weighted by molar-refractivity contribution is 7.15. The van der Waals surface area contributed by atoms with Crippen LogP contribution in [0.25, 0.3) is 0 Å². The van der Waals surface area contributed by atoms with Gasteiger partial charge in [0, 0.05) is 39.1 Å². The molecule has 0 N–H and O–H groups in total. The third-order valence-corrected chi connectivity index (χ3v) is 5.89. The first-order chi connectivity index (χ1) is 13.7. The van der Waals surface area contributed by atoms with E-state index in [2.05, 4.69) is 20.0 Å². The Morgan fingerprint density at radius 2 is 1.46 bits per heavy atom. The van der Waals surface area contributed by atoms with Crippen molar-refractivity contribution < 1.29 is 8.78 Å². The normalized spacial score (nSPS) is 15.6. The van der Waals surface area contributed by atoms with E-state index in [1.807, 2.05) is 12.1 Å². The summed E-state index contributed by atoms with van der Waals surface area (Å²) in [4.78, 5) is 4.68. The van der Waals surface area contributed by atoms with Gasteiger partial charge in [-0.1, -0.05) is 35.6 Å². The largest absolute Gasteiger partial charge is 0.345 e. The van der Waals surface area contributed by atoms with Crippen molar-refractivity contribution in [2.75, 3.05) is 31.1 Å². The summed E-state index contributed by atoms with van der Waals surface area (Å²) in [6, 6.07) is 13.3. The molecule has 2 heterocycles. The van der Waals surface area contributed by atoms with Gasteiger partial charge < -0.3 is 4.90 Å². The van der Waals surface area contributed by atoms with Gasteiger partial charge in [0.15, 0.2) is 0 Å². The van der Waals surface area contributed by atoms with Crippen LogP contribution in [0, 0.1) is 11.6 Å². The number of anilines is 1. The van der Waals surface area contributed by atoms with Crippen LogP contribution >= 0.6 is 11.3 Å². The van der Waals surface area contributed by atoms with Crippen molar-refractivity contribution in [3.05, 3.63) is 76.3 Å². The fourth-order valence-corrected chi connectivity index (χ4v) is 4.31. The molecule has 0 aliphatic carbocycles. The molecule has 1 fully saturated rings. The van der Waals surface area contributed by atoms with E-state index in [9.17, 15) is 8.78 Å². The molecule has 2 aromatic carbocycles. The van der Waals surface area contributed by atoms with Crippen molar-refractivity contribution in [1.29, 1.82) is 0 Å². The van der Waals surface area contributed by atoms with Crippen LogP contribution in [0.15, 0.2) is 48.5 Å². The Morgan fingerprint density at radius 1 is 0.786 bits per heavy atom. The number of benzene rings is 2. The average Bonchev–Trinajstić information content (AvgIpc) is 3.03. The molecule has 1 saturated heterocycles. The lowest BCUT2D eigenvalue weighted by molar-refractivity contribution is 0.285. The smallest absolute Gasteiger partial charge is 0.208 e. The summed E-state index contributed by atoms with van der Waals surface area (Å²) in [7, 11) is 0. The minimum Gasteiger partial charge on any atom is -0.345 e. The Bertz CT molecular complexity index is 896.